The summed E-state index contributed by atoms with van der Waals surface area (Å²) in [6.07, 6.45) is 1.30. The number of aliphatic carboxylic acids is 1. The molecule has 8 N–H and O–H groups in total. The summed E-state index contributed by atoms with van der Waals surface area (Å²) < 4.78 is 0. The lowest BCUT2D eigenvalue weighted by Gasteiger charge is -2.15. The molecule has 2 unspecified atom stereocenters. The molecule has 0 bridgehead atoms. The maximum absolute atomic E-state index is 12.4. The van der Waals surface area contributed by atoms with Gasteiger partial charge in [-0.1, -0.05) is 6.92 Å². The zero-order valence-corrected chi connectivity index (χ0v) is 18.2. The summed E-state index contributed by atoms with van der Waals surface area (Å²) in [5, 5.41) is 24.8. The third-order valence-electron chi connectivity index (χ3n) is 4.97. The van der Waals surface area contributed by atoms with E-state index >= 15 is 0 Å². The van der Waals surface area contributed by atoms with Gasteiger partial charge in [-0.05, 0) is 30.7 Å². The average Bonchev–Trinajstić information content (AvgIpc) is 2.79. The summed E-state index contributed by atoms with van der Waals surface area (Å²) in [5.41, 5.74) is 12.5. The zero-order valence-electron chi connectivity index (χ0n) is 18.2. The maximum Gasteiger partial charge on any atom is 0.326 e. The number of nitrogen functional groups attached to an aromatic ring is 1. The number of carbonyl (C=O) groups is 3. The standard InChI is InChI=1S/C21H24N8O5/c1-10(14-9-25-17-16(26-14)19(32)29-21(23)28-17)8-24-12-4-2-11(3-5-12)18(31)27-13(20(33)34)6-7-15(22)30/h2-5,9-10,13,24H,6-8H2,1H3,(H2,22,30)(H,27,31)(H,33,34)(H3,23,25,28,29,32). The van der Waals surface area contributed by atoms with Gasteiger partial charge in [0.1, 0.15) is 6.04 Å². The number of rotatable bonds is 10. The van der Waals surface area contributed by atoms with Crippen molar-refractivity contribution < 1.29 is 24.6 Å². The molecule has 0 aliphatic rings. The Morgan fingerprint density at radius 1 is 1.12 bits per heavy atom. The number of aromatic hydroxyl groups is 1. The highest BCUT2D eigenvalue weighted by Gasteiger charge is 2.21. The molecule has 34 heavy (non-hydrogen) atoms. The van der Waals surface area contributed by atoms with Crippen molar-refractivity contribution in [2.75, 3.05) is 17.6 Å². The minimum absolute atomic E-state index is 0.0944. The van der Waals surface area contributed by atoms with E-state index in [9.17, 15) is 24.6 Å². The van der Waals surface area contributed by atoms with Crippen molar-refractivity contribution in [3.63, 3.8) is 0 Å². The van der Waals surface area contributed by atoms with E-state index in [2.05, 4.69) is 30.6 Å². The number of carboxylic acid groups (broad SMARTS) is 1. The fourth-order valence-electron chi connectivity index (χ4n) is 3.06. The summed E-state index contributed by atoms with van der Waals surface area (Å²) in [4.78, 5) is 50.7. The summed E-state index contributed by atoms with van der Waals surface area (Å²) in [5.74, 6) is -3.00. The summed E-state index contributed by atoms with van der Waals surface area (Å²) in [6.45, 7) is 2.38. The number of aromatic nitrogens is 4. The average molecular weight is 468 g/mol. The van der Waals surface area contributed by atoms with Gasteiger partial charge in [0.25, 0.3) is 5.91 Å². The van der Waals surface area contributed by atoms with Crippen molar-refractivity contribution in [3.05, 3.63) is 41.7 Å². The van der Waals surface area contributed by atoms with Crippen LogP contribution in [0.5, 0.6) is 5.88 Å². The van der Waals surface area contributed by atoms with Crippen molar-refractivity contribution >= 4 is 40.6 Å². The number of hydrogen-bond acceptors (Lipinski definition) is 10. The summed E-state index contributed by atoms with van der Waals surface area (Å²) in [7, 11) is 0. The lowest BCUT2D eigenvalue weighted by atomic mass is 10.1. The highest BCUT2D eigenvalue weighted by Crippen LogP contribution is 2.22. The molecular weight excluding hydrogens is 444 g/mol. The highest BCUT2D eigenvalue weighted by molar-refractivity contribution is 5.97. The van der Waals surface area contributed by atoms with Gasteiger partial charge in [0.2, 0.25) is 17.7 Å². The minimum atomic E-state index is -1.25. The Bertz CT molecular complexity index is 1220. The molecule has 13 nitrogen and oxygen atoms in total. The van der Waals surface area contributed by atoms with Crippen molar-refractivity contribution in [2.24, 2.45) is 5.73 Å². The Balaban J connectivity index is 1.60. The Hall–Kier alpha value is -4.55. The van der Waals surface area contributed by atoms with Crippen molar-refractivity contribution in [2.45, 2.75) is 31.7 Å². The van der Waals surface area contributed by atoms with E-state index in [0.717, 1.165) is 5.69 Å². The molecule has 2 aromatic heterocycles. The van der Waals surface area contributed by atoms with Crippen LogP contribution in [0.1, 0.15) is 41.7 Å². The van der Waals surface area contributed by atoms with Crippen LogP contribution in [0.25, 0.3) is 11.2 Å². The topological polar surface area (TPSA) is 219 Å². The monoisotopic (exact) mass is 468 g/mol. The van der Waals surface area contributed by atoms with E-state index in [1.54, 1.807) is 30.5 Å². The molecule has 3 rings (SSSR count). The van der Waals surface area contributed by atoms with Crippen LogP contribution in [0.4, 0.5) is 11.6 Å². The number of nitrogens with zero attached hydrogens (tertiary/aromatic N) is 4. The third kappa shape index (κ3) is 6.03. The van der Waals surface area contributed by atoms with Crippen molar-refractivity contribution in [1.82, 2.24) is 25.3 Å². The summed E-state index contributed by atoms with van der Waals surface area (Å²) >= 11 is 0. The van der Waals surface area contributed by atoms with E-state index in [0.29, 0.717) is 12.2 Å². The molecule has 0 aliphatic carbocycles. The molecular formula is C21H24N8O5. The van der Waals surface area contributed by atoms with E-state index < -0.39 is 23.8 Å². The summed E-state index contributed by atoms with van der Waals surface area (Å²) in [6, 6.07) is 5.23. The van der Waals surface area contributed by atoms with Crippen LogP contribution in [0.15, 0.2) is 30.5 Å². The molecule has 2 atom stereocenters. The van der Waals surface area contributed by atoms with E-state index in [1.165, 1.54) is 0 Å². The SMILES string of the molecule is CC(CNc1ccc(C(=O)NC(CCC(N)=O)C(=O)O)cc1)c1cnc2nc(N)nc(O)c2n1. The van der Waals surface area contributed by atoms with Gasteiger partial charge < -0.3 is 32.3 Å². The maximum atomic E-state index is 12.4. The van der Waals surface area contributed by atoms with E-state index in [4.69, 9.17) is 11.5 Å². The minimum Gasteiger partial charge on any atom is -0.492 e. The molecule has 0 aliphatic heterocycles. The predicted octanol–water partition coefficient (Wildman–Crippen LogP) is 0.372. The van der Waals surface area contributed by atoms with Crippen LogP contribution in [0.2, 0.25) is 0 Å². The first kappa shape index (κ1) is 24.1. The number of carbonyl (C=O) groups excluding carboxylic acids is 2. The van der Waals surface area contributed by atoms with Gasteiger partial charge in [0, 0.05) is 30.1 Å². The van der Waals surface area contributed by atoms with Crippen LogP contribution in [-0.4, -0.2) is 60.5 Å². The van der Waals surface area contributed by atoms with Gasteiger partial charge in [-0.25, -0.2) is 14.8 Å². The first-order valence-electron chi connectivity index (χ1n) is 10.3. The smallest absolute Gasteiger partial charge is 0.326 e. The number of nitrogens with two attached hydrogens (primary N) is 2. The van der Waals surface area contributed by atoms with Crippen LogP contribution in [-0.2, 0) is 9.59 Å². The number of benzene rings is 1. The highest BCUT2D eigenvalue weighted by atomic mass is 16.4. The molecule has 0 saturated heterocycles. The van der Waals surface area contributed by atoms with Gasteiger partial charge >= 0.3 is 5.97 Å². The van der Waals surface area contributed by atoms with Crippen LogP contribution < -0.4 is 22.1 Å². The quantitative estimate of drug-likeness (QED) is 0.238. The molecule has 2 heterocycles. The molecule has 2 amide bonds. The number of amides is 2. The number of primary amides is 1. The number of nitrogens with one attached hydrogen (secondary N) is 2. The van der Waals surface area contributed by atoms with Crippen LogP contribution in [0, 0.1) is 0 Å². The predicted molar refractivity (Wildman–Crippen MR) is 122 cm³/mol. The Kier molecular flexibility index (Phi) is 7.36. The molecule has 0 fully saturated rings. The lowest BCUT2D eigenvalue weighted by Crippen LogP contribution is -2.41. The molecule has 0 saturated carbocycles. The fourth-order valence-corrected chi connectivity index (χ4v) is 3.06. The van der Waals surface area contributed by atoms with Gasteiger partial charge in [-0.15, -0.1) is 0 Å². The zero-order chi connectivity index (χ0) is 24.8. The van der Waals surface area contributed by atoms with Gasteiger partial charge in [0.15, 0.2) is 11.2 Å². The molecule has 1 aromatic carbocycles. The number of carboxylic acids is 1. The Morgan fingerprint density at radius 2 is 1.82 bits per heavy atom. The first-order valence-corrected chi connectivity index (χ1v) is 10.3. The van der Waals surface area contributed by atoms with Gasteiger partial charge in [-0.3, -0.25) is 9.59 Å². The lowest BCUT2D eigenvalue weighted by molar-refractivity contribution is -0.139. The van der Waals surface area contributed by atoms with E-state index in [1.807, 2.05) is 6.92 Å². The number of fused-ring (bicyclic) bond motifs is 1. The molecule has 0 radical (unpaired) electrons. The Labute approximate surface area is 193 Å². The van der Waals surface area contributed by atoms with Gasteiger partial charge in [0.05, 0.1) is 11.9 Å². The molecule has 0 spiro atoms. The van der Waals surface area contributed by atoms with Crippen molar-refractivity contribution in [3.8, 4) is 5.88 Å². The van der Waals surface area contributed by atoms with Gasteiger partial charge in [-0.2, -0.15) is 9.97 Å². The second-order valence-corrected chi connectivity index (χ2v) is 7.60. The second kappa shape index (κ2) is 10.4. The largest absolute Gasteiger partial charge is 0.492 e. The molecule has 178 valence electrons. The molecule has 13 heteroatoms. The fraction of sp³-hybridized carbons (Fsp3) is 0.286. The second-order valence-electron chi connectivity index (χ2n) is 7.60. The molecule has 3 aromatic rings. The van der Waals surface area contributed by atoms with E-state index in [-0.39, 0.29) is 47.3 Å². The Morgan fingerprint density at radius 3 is 2.47 bits per heavy atom. The normalized spacial score (nSPS) is 12.6. The third-order valence-corrected chi connectivity index (χ3v) is 4.97. The number of hydrogen-bond donors (Lipinski definition) is 6. The van der Waals surface area contributed by atoms with Crippen LogP contribution in [0.3, 0.4) is 0 Å². The van der Waals surface area contributed by atoms with Crippen LogP contribution >= 0.6 is 0 Å². The first-order chi connectivity index (χ1) is 16.1. The number of anilines is 2. The van der Waals surface area contributed by atoms with Crippen molar-refractivity contribution in [1.29, 1.82) is 0 Å².